The molecular weight excluding hydrogens is 354 g/mol. The van der Waals surface area contributed by atoms with Gasteiger partial charge in [0.25, 0.3) is 0 Å². The molecule has 132 valence electrons. The van der Waals surface area contributed by atoms with E-state index >= 15 is 0 Å². The second-order valence-corrected chi connectivity index (χ2v) is 6.33. The quantitative estimate of drug-likeness (QED) is 0.585. The molecule has 0 amide bonds. The summed E-state index contributed by atoms with van der Waals surface area (Å²) >= 11 is 0. The van der Waals surface area contributed by atoms with E-state index in [1.807, 2.05) is 0 Å². The van der Waals surface area contributed by atoms with Gasteiger partial charge in [-0.05, 0) is 36.2 Å². The van der Waals surface area contributed by atoms with Gasteiger partial charge in [0.15, 0.2) is 5.82 Å². The Hall–Kier alpha value is -3.22. The minimum atomic E-state index is -2.67. The number of hydrogen-bond acceptors (Lipinski definition) is 6. The van der Waals surface area contributed by atoms with Crippen molar-refractivity contribution >= 4 is 10.9 Å². The molecule has 3 aromatic rings. The summed E-state index contributed by atoms with van der Waals surface area (Å²) in [5.74, 6) is 0.342. The molecular formula is C17H15N5O3S. The van der Waals surface area contributed by atoms with Gasteiger partial charge in [-0.2, -0.15) is 15.0 Å². The van der Waals surface area contributed by atoms with Crippen molar-refractivity contribution in [2.24, 2.45) is 0 Å². The van der Waals surface area contributed by atoms with Gasteiger partial charge < -0.3 is 5.11 Å². The SMILES string of the molecule is Cc1nn(-c2ccc(CN[SH](=O)=O)cn2)c(O)c1-c1ccc(C#N)cc1. The Labute approximate surface area is 151 Å². The monoisotopic (exact) mass is 369 g/mol. The maximum Gasteiger partial charge on any atom is 0.223 e. The molecule has 26 heavy (non-hydrogen) atoms. The van der Waals surface area contributed by atoms with Gasteiger partial charge in [-0.3, -0.25) is 0 Å². The van der Waals surface area contributed by atoms with E-state index in [-0.39, 0.29) is 12.4 Å². The Morgan fingerprint density at radius 1 is 1.23 bits per heavy atom. The zero-order valence-electron chi connectivity index (χ0n) is 13.7. The van der Waals surface area contributed by atoms with E-state index in [4.69, 9.17) is 5.26 Å². The number of aromatic nitrogens is 3. The van der Waals surface area contributed by atoms with E-state index in [1.54, 1.807) is 43.3 Å². The minimum absolute atomic E-state index is 0.0618. The fourth-order valence-corrected chi connectivity index (χ4v) is 2.84. The number of benzene rings is 1. The zero-order valence-corrected chi connectivity index (χ0v) is 14.6. The Morgan fingerprint density at radius 3 is 2.54 bits per heavy atom. The summed E-state index contributed by atoms with van der Waals surface area (Å²) in [6.07, 6.45) is 1.51. The van der Waals surface area contributed by atoms with E-state index in [9.17, 15) is 13.5 Å². The highest BCUT2D eigenvalue weighted by molar-refractivity contribution is 7.70. The molecule has 0 atom stereocenters. The van der Waals surface area contributed by atoms with Crippen molar-refractivity contribution in [2.75, 3.05) is 0 Å². The van der Waals surface area contributed by atoms with Gasteiger partial charge in [-0.25, -0.2) is 18.1 Å². The molecule has 8 nitrogen and oxygen atoms in total. The first-order chi connectivity index (χ1) is 12.5. The molecule has 9 heteroatoms. The van der Waals surface area contributed by atoms with Gasteiger partial charge in [0.1, 0.15) is 0 Å². The van der Waals surface area contributed by atoms with Crippen LogP contribution in [0.1, 0.15) is 16.8 Å². The Balaban J connectivity index is 1.93. The highest BCUT2D eigenvalue weighted by Gasteiger charge is 2.18. The molecule has 2 N–H and O–H groups in total. The summed E-state index contributed by atoms with van der Waals surface area (Å²) < 4.78 is 24.7. The van der Waals surface area contributed by atoms with Gasteiger partial charge in [0, 0.05) is 12.7 Å². The van der Waals surface area contributed by atoms with E-state index in [0.29, 0.717) is 28.2 Å². The predicted octanol–water partition coefficient (Wildman–Crippen LogP) is 1.44. The molecule has 3 rings (SSSR count). The summed E-state index contributed by atoms with van der Waals surface area (Å²) in [6, 6.07) is 12.2. The summed E-state index contributed by atoms with van der Waals surface area (Å²) in [4.78, 5) is 4.22. The number of aryl methyl sites for hydroxylation is 1. The third-order valence-corrected chi connectivity index (χ3v) is 4.19. The molecule has 0 aliphatic rings. The second kappa shape index (κ2) is 7.35. The average molecular weight is 369 g/mol. The molecule has 0 aliphatic carbocycles. The normalized spacial score (nSPS) is 10.8. The fourth-order valence-electron chi connectivity index (χ4n) is 2.53. The Morgan fingerprint density at radius 2 is 1.96 bits per heavy atom. The largest absolute Gasteiger partial charge is 0.493 e. The topological polar surface area (TPSA) is 121 Å². The number of nitrogens with one attached hydrogen (secondary N) is 1. The first-order valence-corrected chi connectivity index (χ1v) is 8.79. The summed E-state index contributed by atoms with van der Waals surface area (Å²) in [7, 11) is -2.67. The molecule has 0 saturated heterocycles. The van der Waals surface area contributed by atoms with Crippen molar-refractivity contribution in [1.29, 1.82) is 5.26 Å². The Bertz CT molecular complexity index is 1040. The van der Waals surface area contributed by atoms with Crippen LogP contribution in [0.5, 0.6) is 5.88 Å². The number of nitrogens with zero attached hydrogens (tertiary/aromatic N) is 4. The molecule has 0 aliphatic heterocycles. The average Bonchev–Trinajstić information content (AvgIpc) is 2.95. The third kappa shape index (κ3) is 3.56. The van der Waals surface area contributed by atoms with Crippen LogP contribution in [0.4, 0.5) is 0 Å². The lowest BCUT2D eigenvalue weighted by molar-refractivity contribution is 0.433. The summed E-state index contributed by atoms with van der Waals surface area (Å²) in [5, 5.41) is 23.8. The van der Waals surface area contributed by atoms with Crippen molar-refractivity contribution in [3.05, 3.63) is 59.4 Å². The van der Waals surface area contributed by atoms with Crippen LogP contribution in [0.3, 0.4) is 0 Å². The highest BCUT2D eigenvalue weighted by Crippen LogP contribution is 2.33. The minimum Gasteiger partial charge on any atom is -0.493 e. The molecule has 1 aromatic carbocycles. The number of hydrogen-bond donors (Lipinski definition) is 3. The van der Waals surface area contributed by atoms with Crippen LogP contribution in [0.15, 0.2) is 42.6 Å². The number of pyridine rings is 1. The summed E-state index contributed by atoms with van der Waals surface area (Å²) in [6.45, 7) is 1.92. The van der Waals surface area contributed by atoms with Gasteiger partial charge in [-0.1, -0.05) is 18.2 Å². The number of thiol groups is 1. The second-order valence-electron chi connectivity index (χ2n) is 5.50. The number of nitriles is 1. The lowest BCUT2D eigenvalue weighted by Gasteiger charge is -2.05. The maximum absolute atomic E-state index is 10.6. The smallest absolute Gasteiger partial charge is 0.223 e. The van der Waals surface area contributed by atoms with Crippen LogP contribution in [-0.2, 0) is 17.4 Å². The standard InChI is InChI=1S/C17H15N5O3S/c1-11-16(14-5-2-12(8-18)3-6-14)17(23)22(21-11)15-7-4-13(9-19-15)10-20-26(24)25/h2-7,9,23,26H,10H2,1H3,(H,20,24,25). The molecule has 0 bridgehead atoms. The van der Waals surface area contributed by atoms with E-state index in [2.05, 4.69) is 20.9 Å². The zero-order chi connectivity index (χ0) is 18.7. The van der Waals surface area contributed by atoms with Crippen molar-refractivity contribution in [3.8, 4) is 28.9 Å². The lowest BCUT2D eigenvalue weighted by atomic mass is 10.0. The molecule has 0 fully saturated rings. The summed E-state index contributed by atoms with van der Waals surface area (Å²) in [5.41, 5.74) is 3.13. The van der Waals surface area contributed by atoms with E-state index in [1.165, 1.54) is 10.9 Å². The Kier molecular flexibility index (Phi) is 4.97. The predicted molar refractivity (Wildman–Crippen MR) is 95.1 cm³/mol. The highest BCUT2D eigenvalue weighted by atomic mass is 32.2. The third-order valence-electron chi connectivity index (χ3n) is 3.78. The van der Waals surface area contributed by atoms with Gasteiger partial charge in [-0.15, -0.1) is 0 Å². The first kappa shape index (κ1) is 17.6. The molecule has 0 spiro atoms. The number of rotatable bonds is 5. The van der Waals surface area contributed by atoms with Gasteiger partial charge in [0.2, 0.25) is 16.8 Å². The molecule has 2 aromatic heterocycles. The van der Waals surface area contributed by atoms with E-state index < -0.39 is 10.9 Å². The van der Waals surface area contributed by atoms with Crippen LogP contribution in [0.25, 0.3) is 16.9 Å². The lowest BCUT2D eigenvalue weighted by Crippen LogP contribution is -2.10. The fraction of sp³-hybridized carbons (Fsp3) is 0.118. The molecule has 0 unspecified atom stereocenters. The maximum atomic E-state index is 10.6. The molecule has 2 heterocycles. The van der Waals surface area contributed by atoms with Gasteiger partial charge >= 0.3 is 0 Å². The van der Waals surface area contributed by atoms with Crippen molar-refractivity contribution in [2.45, 2.75) is 13.5 Å². The van der Waals surface area contributed by atoms with Crippen LogP contribution >= 0.6 is 0 Å². The molecule has 0 radical (unpaired) electrons. The van der Waals surface area contributed by atoms with Crippen LogP contribution in [-0.4, -0.2) is 28.3 Å². The van der Waals surface area contributed by atoms with Crippen LogP contribution in [0.2, 0.25) is 0 Å². The molecule has 0 saturated carbocycles. The first-order valence-electron chi connectivity index (χ1n) is 7.62. The van der Waals surface area contributed by atoms with Crippen LogP contribution in [0, 0.1) is 18.3 Å². The van der Waals surface area contributed by atoms with Crippen LogP contribution < -0.4 is 4.72 Å². The van der Waals surface area contributed by atoms with Crippen molar-refractivity contribution < 1.29 is 13.5 Å². The van der Waals surface area contributed by atoms with Gasteiger partial charge in [0.05, 0.1) is 22.9 Å². The number of aromatic hydroxyl groups is 1. The van der Waals surface area contributed by atoms with Crippen molar-refractivity contribution in [1.82, 2.24) is 19.5 Å². The van der Waals surface area contributed by atoms with Crippen molar-refractivity contribution in [3.63, 3.8) is 0 Å². The van der Waals surface area contributed by atoms with E-state index in [0.717, 1.165) is 5.56 Å².